The molecule has 9 heteroatoms. The molecule has 1 aromatic carbocycles. The van der Waals surface area contributed by atoms with Gasteiger partial charge in [0.25, 0.3) is 0 Å². The van der Waals surface area contributed by atoms with Crippen molar-refractivity contribution in [3.8, 4) is 11.8 Å². The maximum absolute atomic E-state index is 15.5. The van der Waals surface area contributed by atoms with Crippen molar-refractivity contribution in [2.24, 2.45) is 5.92 Å². The van der Waals surface area contributed by atoms with Crippen molar-refractivity contribution >= 4 is 22.6 Å². The monoisotopic (exact) mass is 454 g/mol. The Hall–Kier alpha value is -3.12. The molecule has 0 radical (unpaired) electrons. The van der Waals surface area contributed by atoms with Gasteiger partial charge in [0.05, 0.1) is 24.1 Å². The lowest BCUT2D eigenvalue weighted by Crippen LogP contribution is -2.40. The number of nitrogens with zero attached hydrogens (tertiary/aromatic N) is 3. The summed E-state index contributed by atoms with van der Waals surface area (Å²) in [6.45, 7) is 1.96. The molecule has 5 rings (SSSR count). The highest BCUT2D eigenvalue weighted by Gasteiger charge is 2.51. The van der Waals surface area contributed by atoms with Crippen LogP contribution in [0.25, 0.3) is 10.9 Å². The number of benzene rings is 1. The van der Waals surface area contributed by atoms with Crippen LogP contribution in [0.5, 0.6) is 5.75 Å². The maximum atomic E-state index is 15.5. The van der Waals surface area contributed by atoms with Crippen molar-refractivity contribution in [2.45, 2.75) is 50.1 Å². The van der Waals surface area contributed by atoms with Crippen molar-refractivity contribution in [1.82, 2.24) is 9.88 Å². The van der Waals surface area contributed by atoms with Crippen molar-refractivity contribution in [3.63, 3.8) is 0 Å². The van der Waals surface area contributed by atoms with Crippen LogP contribution in [0.4, 0.5) is 10.1 Å². The van der Waals surface area contributed by atoms with E-state index in [9.17, 15) is 14.7 Å². The van der Waals surface area contributed by atoms with Gasteiger partial charge in [-0.15, -0.1) is 0 Å². The van der Waals surface area contributed by atoms with Crippen LogP contribution in [0, 0.1) is 23.1 Å². The molecule has 174 valence electrons. The van der Waals surface area contributed by atoms with E-state index in [-0.39, 0.29) is 28.3 Å². The number of hydrogen-bond acceptors (Lipinski definition) is 6. The number of aromatic carboxylic acids is 1. The molecule has 1 aromatic heterocycles. The van der Waals surface area contributed by atoms with Gasteiger partial charge in [0.1, 0.15) is 11.3 Å². The Labute approximate surface area is 190 Å². The van der Waals surface area contributed by atoms with Crippen LogP contribution in [0.1, 0.15) is 54.9 Å². The first-order valence-electron chi connectivity index (χ1n) is 11.5. The number of halogens is 1. The Morgan fingerprint density at radius 3 is 2.76 bits per heavy atom. The quantitative estimate of drug-likeness (QED) is 0.590. The minimum atomic E-state index is -1.32. The zero-order chi connectivity index (χ0) is 23.3. The van der Waals surface area contributed by atoms with Crippen LogP contribution in [0.3, 0.4) is 0 Å². The summed E-state index contributed by atoms with van der Waals surface area (Å²) in [5, 5.41) is 21.9. The summed E-state index contributed by atoms with van der Waals surface area (Å²) >= 11 is 0. The van der Waals surface area contributed by atoms with E-state index in [2.05, 4.69) is 11.4 Å². The summed E-state index contributed by atoms with van der Waals surface area (Å²) in [5.41, 5.74) is -0.251. The summed E-state index contributed by atoms with van der Waals surface area (Å²) in [7, 11) is 1.46. The number of rotatable bonds is 8. The summed E-state index contributed by atoms with van der Waals surface area (Å²) in [4.78, 5) is 26.5. The first-order valence-corrected chi connectivity index (χ1v) is 11.5. The van der Waals surface area contributed by atoms with Crippen molar-refractivity contribution < 1.29 is 19.0 Å². The standard InChI is InChI=1S/C24H27FN4O4/c1-33-22-19-16(21(30)17(23(31)32)13-29(19)15-3-4-15)11-18(25)20(22)28-10-5-14(12-28)24(6-7-24)27-9-2-8-26/h11,13-15,27H,2-7,9-10,12H2,1H3,(H,31,32)/t14-/m1/s1. The Kier molecular flexibility index (Phi) is 5.28. The highest BCUT2D eigenvalue weighted by atomic mass is 19.1. The van der Waals surface area contributed by atoms with E-state index >= 15 is 4.39 Å². The first kappa shape index (κ1) is 21.7. The van der Waals surface area contributed by atoms with Crippen LogP contribution in [0.15, 0.2) is 17.1 Å². The van der Waals surface area contributed by atoms with Crippen molar-refractivity contribution in [2.75, 3.05) is 31.6 Å². The Bertz CT molecular complexity index is 1230. The fraction of sp³-hybridized carbons (Fsp3) is 0.542. The number of pyridine rings is 1. The second kappa shape index (κ2) is 8.03. The number of methoxy groups -OCH3 is 1. The molecule has 0 amide bonds. The summed E-state index contributed by atoms with van der Waals surface area (Å²) in [6, 6.07) is 3.41. The van der Waals surface area contributed by atoms with E-state index in [4.69, 9.17) is 10.00 Å². The summed E-state index contributed by atoms with van der Waals surface area (Å²) in [6.07, 6.45) is 6.57. The normalized spacial score (nSPS) is 21.2. The van der Waals surface area contributed by atoms with Gasteiger partial charge in [0, 0.05) is 43.8 Å². The van der Waals surface area contributed by atoms with Gasteiger partial charge in [-0.25, -0.2) is 9.18 Å². The molecule has 2 aromatic rings. The van der Waals surface area contributed by atoms with E-state index in [0.29, 0.717) is 43.2 Å². The van der Waals surface area contributed by atoms with Crippen LogP contribution in [-0.4, -0.2) is 47.9 Å². The number of carboxylic acids is 1. The molecule has 1 atom stereocenters. The SMILES string of the molecule is COc1c(N2CC[C@@H](C3(NCCC#N)CC3)C2)c(F)cc2c(=O)c(C(=O)O)cn(C3CC3)c12. The van der Waals surface area contributed by atoms with Crippen molar-refractivity contribution in [3.05, 3.63) is 33.9 Å². The molecule has 2 heterocycles. The molecule has 0 unspecified atom stereocenters. The molecule has 3 fully saturated rings. The second-order valence-electron chi connectivity index (χ2n) is 9.37. The van der Waals surface area contributed by atoms with Crippen molar-refractivity contribution in [1.29, 1.82) is 5.26 Å². The average Bonchev–Trinajstić information content (AvgIpc) is 3.72. The summed E-state index contributed by atoms with van der Waals surface area (Å²) in [5.74, 6) is -1.28. The molecule has 0 spiro atoms. The Morgan fingerprint density at radius 1 is 1.39 bits per heavy atom. The molecular weight excluding hydrogens is 427 g/mol. The molecule has 0 bridgehead atoms. The van der Waals surface area contributed by atoms with E-state index in [1.54, 1.807) is 4.57 Å². The van der Waals surface area contributed by atoms with Crippen LogP contribution in [-0.2, 0) is 0 Å². The zero-order valence-corrected chi connectivity index (χ0v) is 18.6. The van der Waals surface area contributed by atoms with Gasteiger partial charge in [0.2, 0.25) is 5.43 Å². The van der Waals surface area contributed by atoms with E-state index in [1.807, 2.05) is 4.90 Å². The van der Waals surface area contributed by atoms with Crippen LogP contribution >= 0.6 is 0 Å². The lowest BCUT2D eigenvalue weighted by atomic mass is 9.96. The molecule has 2 aliphatic carbocycles. The summed E-state index contributed by atoms with van der Waals surface area (Å²) < 4.78 is 23.0. The number of hydrogen-bond donors (Lipinski definition) is 2. The minimum absolute atomic E-state index is 0.0126. The molecular formula is C24H27FN4O4. The number of anilines is 1. The number of aromatic nitrogens is 1. The number of nitriles is 1. The zero-order valence-electron chi connectivity index (χ0n) is 18.6. The van der Waals surface area contributed by atoms with Gasteiger partial charge in [-0.05, 0) is 44.1 Å². The van der Waals surface area contributed by atoms with Gasteiger partial charge >= 0.3 is 5.97 Å². The topological polar surface area (TPSA) is 108 Å². The largest absolute Gasteiger partial charge is 0.492 e. The third kappa shape index (κ3) is 3.62. The van der Waals surface area contributed by atoms with Gasteiger partial charge in [0.15, 0.2) is 11.6 Å². The number of carbonyl (C=O) groups is 1. The van der Waals surface area contributed by atoms with E-state index in [0.717, 1.165) is 32.1 Å². The average molecular weight is 455 g/mol. The Morgan fingerprint density at radius 2 is 2.15 bits per heavy atom. The molecule has 2 N–H and O–H groups in total. The number of nitrogens with one attached hydrogen (secondary N) is 1. The Balaban J connectivity index is 1.56. The van der Waals surface area contributed by atoms with E-state index < -0.39 is 17.2 Å². The highest BCUT2D eigenvalue weighted by Crippen LogP contribution is 2.49. The molecule has 3 aliphatic rings. The molecule has 1 aliphatic heterocycles. The lowest BCUT2D eigenvalue weighted by molar-refractivity contribution is 0.0695. The van der Waals surface area contributed by atoms with Gasteiger partial charge in [-0.3, -0.25) is 4.79 Å². The molecule has 33 heavy (non-hydrogen) atoms. The maximum Gasteiger partial charge on any atom is 0.341 e. The van der Waals surface area contributed by atoms with Crippen LogP contribution in [0.2, 0.25) is 0 Å². The van der Waals surface area contributed by atoms with Gasteiger partial charge < -0.3 is 24.6 Å². The number of carboxylic acid groups (broad SMARTS) is 1. The second-order valence-corrected chi connectivity index (χ2v) is 9.37. The van der Waals surface area contributed by atoms with Gasteiger partial charge in [-0.1, -0.05) is 0 Å². The predicted octanol–water partition coefficient (Wildman–Crippen LogP) is 3.04. The molecule has 8 nitrogen and oxygen atoms in total. The predicted molar refractivity (Wildman–Crippen MR) is 120 cm³/mol. The molecule has 2 saturated carbocycles. The smallest absolute Gasteiger partial charge is 0.341 e. The molecule has 1 saturated heterocycles. The number of ether oxygens (including phenoxy) is 1. The highest BCUT2D eigenvalue weighted by molar-refractivity contribution is 5.97. The fourth-order valence-corrected chi connectivity index (χ4v) is 5.37. The fourth-order valence-electron chi connectivity index (χ4n) is 5.37. The number of fused-ring (bicyclic) bond motifs is 1. The minimum Gasteiger partial charge on any atom is -0.492 e. The van der Waals surface area contributed by atoms with Crippen LogP contribution < -0.4 is 20.4 Å². The first-order chi connectivity index (χ1) is 15.9. The van der Waals surface area contributed by atoms with E-state index in [1.165, 1.54) is 19.4 Å². The van der Waals surface area contributed by atoms with Gasteiger partial charge in [-0.2, -0.15) is 5.26 Å². The lowest BCUT2D eigenvalue weighted by Gasteiger charge is -2.27. The third-order valence-corrected chi connectivity index (χ3v) is 7.36. The third-order valence-electron chi connectivity index (χ3n) is 7.36.